The fraction of sp³-hybridized carbons (Fsp3) is 0.111. The van der Waals surface area contributed by atoms with Crippen molar-refractivity contribution in [1.29, 1.82) is 0 Å². The third-order valence-corrected chi connectivity index (χ3v) is 1.98. The summed E-state index contributed by atoms with van der Waals surface area (Å²) in [5.41, 5.74) is 10.8. The number of anilines is 2. The molecule has 1 amide bonds. The van der Waals surface area contributed by atoms with Crippen LogP contribution in [0, 0.1) is 14.5 Å². The smallest absolute Gasteiger partial charge is 0.425 e. The van der Waals surface area contributed by atoms with E-state index in [9.17, 15) is 4.79 Å². The molecule has 19 heavy (non-hydrogen) atoms. The zero-order valence-electron chi connectivity index (χ0n) is 10.5. The summed E-state index contributed by atoms with van der Waals surface area (Å²) in [5, 5.41) is 4.48. The van der Waals surface area contributed by atoms with Crippen LogP contribution >= 0.6 is 0 Å². The number of carbonyl (C=O) groups excluding carboxylic acids is 1. The molecular formula is C9H13N7O2Y-2. The summed E-state index contributed by atoms with van der Waals surface area (Å²) in [5.74, 6) is 0.352. The van der Waals surface area contributed by atoms with Crippen molar-refractivity contribution in [1.82, 2.24) is 25.2 Å². The average Bonchev–Trinajstić information content (AvgIpc) is 2.68. The van der Waals surface area contributed by atoms with E-state index in [-0.39, 0.29) is 46.1 Å². The van der Waals surface area contributed by atoms with Gasteiger partial charge in [-0.25, -0.2) is 15.3 Å². The Morgan fingerprint density at radius 2 is 2.21 bits per heavy atom. The maximum Gasteiger partial charge on any atom is 0.425 e. The molecule has 0 unspecified atom stereocenters. The molecule has 0 aliphatic heterocycles. The van der Waals surface area contributed by atoms with Crippen molar-refractivity contribution in [2.45, 2.75) is 0 Å². The number of nitrogens with two attached hydrogens (primary N) is 1. The van der Waals surface area contributed by atoms with Gasteiger partial charge in [0.1, 0.15) is 5.82 Å². The molecule has 0 atom stereocenters. The third-order valence-electron chi connectivity index (χ3n) is 1.98. The fourth-order valence-electron chi connectivity index (χ4n) is 1.23. The van der Waals surface area contributed by atoms with Crippen LogP contribution in [0.2, 0.25) is 0 Å². The summed E-state index contributed by atoms with van der Waals surface area (Å²) < 4.78 is 5.70. The first kappa shape index (κ1) is 17.4. The molecular weight excluding hydrogens is 327 g/mol. The van der Waals surface area contributed by atoms with E-state index in [0.29, 0.717) is 16.9 Å². The van der Waals surface area contributed by atoms with Gasteiger partial charge in [0, 0.05) is 44.6 Å². The summed E-state index contributed by atoms with van der Waals surface area (Å²) >= 11 is 0. The Morgan fingerprint density at radius 3 is 2.84 bits per heavy atom. The van der Waals surface area contributed by atoms with E-state index in [2.05, 4.69) is 37.7 Å². The van der Waals surface area contributed by atoms with Crippen molar-refractivity contribution in [3.63, 3.8) is 0 Å². The van der Waals surface area contributed by atoms with Gasteiger partial charge in [0.25, 0.3) is 0 Å². The van der Waals surface area contributed by atoms with Crippen LogP contribution in [0.3, 0.4) is 0 Å². The summed E-state index contributed by atoms with van der Waals surface area (Å²) in [4.78, 5) is 18.8. The van der Waals surface area contributed by atoms with Crippen LogP contribution in [0.4, 0.5) is 16.6 Å². The molecule has 0 saturated carbocycles. The molecule has 2 rings (SSSR count). The zero-order chi connectivity index (χ0) is 12.4. The molecule has 2 heterocycles. The van der Waals surface area contributed by atoms with Gasteiger partial charge in [0.2, 0.25) is 5.95 Å². The number of hydrazine groups is 1. The Hall–Kier alpha value is -1.61. The standard InChI is InChI=1S/C8H10N7O2.CH3.Y/c1-15-6-4(3-10-15)5(11-7(9)12-6)13-14-8(16)17-2;;/h3H,1H2,2H3,(H,14,16)(H3,9,11,12,13);1H3;/q2*-1;. The topological polar surface area (TPSA) is 120 Å². The number of carbonyl (C=O) groups is 1. The molecule has 1 radical (unpaired) electrons. The second-order valence-corrected chi connectivity index (χ2v) is 3.05. The van der Waals surface area contributed by atoms with Crippen molar-refractivity contribution in [2.24, 2.45) is 0 Å². The van der Waals surface area contributed by atoms with Crippen LogP contribution in [-0.4, -0.2) is 33.0 Å². The predicted octanol–water partition coefficient (Wildman–Crippen LogP) is 0.179. The number of amides is 1. The summed E-state index contributed by atoms with van der Waals surface area (Å²) in [6.07, 6.45) is 0.848. The zero-order valence-corrected chi connectivity index (χ0v) is 13.4. The minimum Gasteiger partial charge on any atom is -0.452 e. The van der Waals surface area contributed by atoms with Gasteiger partial charge in [-0.15, -0.1) is 0 Å². The van der Waals surface area contributed by atoms with E-state index in [1.165, 1.54) is 18.0 Å². The molecule has 10 heteroatoms. The Morgan fingerprint density at radius 1 is 1.53 bits per heavy atom. The van der Waals surface area contributed by atoms with Crippen LogP contribution < -0.4 is 16.6 Å². The van der Waals surface area contributed by atoms with Gasteiger partial charge in [0.15, 0.2) is 0 Å². The molecule has 0 spiro atoms. The molecule has 101 valence electrons. The molecule has 0 saturated heterocycles. The van der Waals surface area contributed by atoms with E-state index in [1.807, 2.05) is 0 Å². The average molecular weight is 340 g/mol. The maximum atomic E-state index is 10.9. The maximum absolute atomic E-state index is 10.9. The van der Waals surface area contributed by atoms with Crippen molar-refractivity contribution < 1.29 is 42.2 Å². The van der Waals surface area contributed by atoms with Gasteiger partial charge in [-0.3, -0.25) is 10.4 Å². The normalized spacial score (nSPS) is 9.11. The second-order valence-electron chi connectivity index (χ2n) is 3.05. The van der Waals surface area contributed by atoms with Gasteiger partial charge < -0.3 is 22.6 Å². The van der Waals surface area contributed by atoms with Gasteiger partial charge >= 0.3 is 6.09 Å². The Kier molecular flexibility index (Phi) is 6.50. The van der Waals surface area contributed by atoms with Crippen LogP contribution in [-0.2, 0) is 37.4 Å². The van der Waals surface area contributed by atoms with Crippen LogP contribution in [0.25, 0.3) is 11.0 Å². The summed E-state index contributed by atoms with van der Waals surface area (Å²) in [6, 6.07) is 0. The molecule has 9 nitrogen and oxygen atoms in total. The third kappa shape index (κ3) is 3.68. The minimum absolute atomic E-state index is 0. The van der Waals surface area contributed by atoms with Gasteiger partial charge in [-0.1, -0.05) is 0 Å². The quantitative estimate of drug-likeness (QED) is 0.527. The second kappa shape index (κ2) is 7.10. The summed E-state index contributed by atoms with van der Waals surface area (Å²) in [7, 11) is 4.87. The van der Waals surface area contributed by atoms with Gasteiger partial charge in [-0.05, 0) is 5.39 Å². The van der Waals surface area contributed by atoms with Crippen molar-refractivity contribution >= 4 is 28.9 Å². The van der Waals surface area contributed by atoms with Crippen LogP contribution in [0.5, 0.6) is 0 Å². The molecule has 0 aliphatic rings. The molecule has 2 aromatic rings. The number of nitrogens with one attached hydrogen (secondary N) is 2. The molecule has 0 fully saturated rings. The minimum atomic E-state index is -0.655. The number of fused-ring (bicyclic) bond motifs is 1. The number of nitrogens with zero attached hydrogens (tertiary/aromatic N) is 4. The number of rotatable bonds is 2. The van der Waals surface area contributed by atoms with Gasteiger partial charge in [-0.2, -0.15) is 12.0 Å². The predicted molar refractivity (Wildman–Crippen MR) is 66.1 cm³/mol. The van der Waals surface area contributed by atoms with E-state index < -0.39 is 6.09 Å². The molecule has 0 aliphatic carbocycles. The molecule has 2 aromatic heterocycles. The SMILES string of the molecule is [CH2-]n1ncc2c(NNC(=O)OC)nc(N)nc21.[CH3-].[Y]. The fourth-order valence-corrected chi connectivity index (χ4v) is 1.23. The Labute approximate surface area is 135 Å². The van der Waals surface area contributed by atoms with Crippen molar-refractivity contribution in [3.8, 4) is 0 Å². The van der Waals surface area contributed by atoms with E-state index in [4.69, 9.17) is 5.73 Å². The summed E-state index contributed by atoms with van der Waals surface area (Å²) in [6.45, 7) is 0. The largest absolute Gasteiger partial charge is 0.452 e. The Balaban J connectivity index is 0.00000162. The number of hydrogen-bond donors (Lipinski definition) is 3. The van der Waals surface area contributed by atoms with Crippen LogP contribution in [0.1, 0.15) is 0 Å². The number of aromatic nitrogens is 4. The first-order valence-electron chi connectivity index (χ1n) is 4.54. The monoisotopic (exact) mass is 340 g/mol. The molecule has 0 bridgehead atoms. The van der Waals surface area contributed by atoms with Crippen molar-refractivity contribution in [3.05, 3.63) is 20.7 Å². The van der Waals surface area contributed by atoms with Crippen LogP contribution in [0.15, 0.2) is 6.20 Å². The van der Waals surface area contributed by atoms with Crippen molar-refractivity contribution in [2.75, 3.05) is 18.3 Å². The van der Waals surface area contributed by atoms with E-state index >= 15 is 0 Å². The number of hydrogen-bond acceptors (Lipinski definition) is 7. The first-order valence-corrected chi connectivity index (χ1v) is 4.54. The van der Waals surface area contributed by atoms with E-state index in [1.54, 1.807) is 0 Å². The number of methoxy groups -OCH3 is 1. The van der Waals surface area contributed by atoms with E-state index in [0.717, 1.165) is 0 Å². The number of nitrogen functional groups attached to an aromatic ring is 1. The molecule has 0 aromatic carbocycles. The first-order chi connectivity index (χ1) is 8.11. The Bertz CT molecular complexity index is 571. The molecule has 4 N–H and O–H groups in total. The van der Waals surface area contributed by atoms with Gasteiger partial charge in [0.05, 0.1) is 7.11 Å². The number of ether oxygens (including phenoxy) is 1.